The van der Waals surface area contributed by atoms with Gasteiger partial charge in [0.05, 0.1) is 12.6 Å². The molecular weight excluding hydrogens is 384 g/mol. The van der Waals surface area contributed by atoms with E-state index in [1.807, 2.05) is 13.8 Å². The summed E-state index contributed by atoms with van der Waals surface area (Å²) in [5.74, 6) is -0.189. The Morgan fingerprint density at radius 1 is 0.833 bits per heavy atom. The third kappa shape index (κ3) is 7.75. The van der Waals surface area contributed by atoms with Gasteiger partial charge in [0.1, 0.15) is 17.5 Å². The van der Waals surface area contributed by atoms with Gasteiger partial charge in [0, 0.05) is 12.8 Å². The first-order chi connectivity index (χ1) is 14.3. The molecule has 30 heavy (non-hydrogen) atoms. The third-order valence-corrected chi connectivity index (χ3v) is 4.61. The van der Waals surface area contributed by atoms with Gasteiger partial charge in [0.25, 0.3) is 0 Å². The van der Waals surface area contributed by atoms with Crippen LogP contribution in [0, 0.1) is 5.92 Å². The number of hydrogen-bond donors (Lipinski definition) is 5. The number of benzene rings is 2. The van der Waals surface area contributed by atoms with Crippen LogP contribution >= 0.6 is 0 Å². The zero-order valence-corrected chi connectivity index (χ0v) is 17.3. The summed E-state index contributed by atoms with van der Waals surface area (Å²) in [4.78, 5) is 25.2. The van der Waals surface area contributed by atoms with E-state index in [0.717, 1.165) is 11.1 Å². The molecule has 0 fully saturated rings. The summed E-state index contributed by atoms with van der Waals surface area (Å²) in [5.41, 5.74) is 1.64. The maximum Gasteiger partial charge on any atom is 0.243 e. The highest BCUT2D eigenvalue weighted by atomic mass is 16.3. The van der Waals surface area contributed by atoms with Crippen molar-refractivity contribution in [3.8, 4) is 11.5 Å². The van der Waals surface area contributed by atoms with Crippen molar-refractivity contribution >= 4 is 11.8 Å². The molecule has 0 aliphatic rings. The highest BCUT2D eigenvalue weighted by Gasteiger charge is 2.24. The van der Waals surface area contributed by atoms with Gasteiger partial charge >= 0.3 is 0 Å². The number of phenols is 2. The molecule has 2 amide bonds. The zero-order valence-electron chi connectivity index (χ0n) is 17.3. The molecule has 0 aromatic heterocycles. The molecule has 0 aliphatic heterocycles. The van der Waals surface area contributed by atoms with Gasteiger partial charge in [0.2, 0.25) is 11.8 Å². The van der Waals surface area contributed by atoms with E-state index in [2.05, 4.69) is 10.6 Å². The molecule has 2 rings (SSSR count). The lowest BCUT2D eigenvalue weighted by Crippen LogP contribution is -2.52. The van der Waals surface area contributed by atoms with Crippen LogP contribution in [0.5, 0.6) is 11.5 Å². The van der Waals surface area contributed by atoms with E-state index < -0.39 is 18.0 Å². The van der Waals surface area contributed by atoms with Gasteiger partial charge < -0.3 is 26.0 Å². The largest absolute Gasteiger partial charge is 0.508 e. The fourth-order valence-corrected chi connectivity index (χ4v) is 3.08. The van der Waals surface area contributed by atoms with Crippen molar-refractivity contribution < 1.29 is 24.9 Å². The Morgan fingerprint density at radius 2 is 1.33 bits per heavy atom. The standard InChI is InChI=1S/C23H30N2O5/c1-15(2)11-22(29)25-21(13-17-5-9-20(28)10-6-17)23(30)24-18(14-26)12-16-3-7-19(27)8-4-16/h3-10,15,18,21,26-28H,11-14H2,1-2H3,(H,24,30)(H,25,29)/t18-,21-/m0/s1. The lowest BCUT2D eigenvalue weighted by atomic mass is 10.0. The number of carbonyl (C=O) groups is 2. The summed E-state index contributed by atoms with van der Waals surface area (Å²) in [6.07, 6.45) is 0.942. The van der Waals surface area contributed by atoms with Crippen molar-refractivity contribution in [3.63, 3.8) is 0 Å². The highest BCUT2D eigenvalue weighted by Crippen LogP contribution is 2.13. The molecule has 0 bridgehead atoms. The molecule has 162 valence electrons. The Balaban J connectivity index is 2.09. The summed E-state index contributed by atoms with van der Waals surface area (Å²) < 4.78 is 0. The highest BCUT2D eigenvalue weighted by molar-refractivity contribution is 5.88. The fourth-order valence-electron chi connectivity index (χ4n) is 3.08. The molecule has 2 aromatic rings. The number of nitrogens with one attached hydrogen (secondary N) is 2. The number of hydrogen-bond acceptors (Lipinski definition) is 5. The van der Waals surface area contributed by atoms with Crippen molar-refractivity contribution in [1.82, 2.24) is 10.6 Å². The number of phenolic OH excluding ortho intramolecular Hbond substituents is 2. The Labute approximate surface area is 176 Å². The fraction of sp³-hybridized carbons (Fsp3) is 0.391. The monoisotopic (exact) mass is 414 g/mol. The number of aliphatic hydroxyl groups excluding tert-OH is 1. The first kappa shape index (κ1) is 23.2. The van der Waals surface area contributed by atoms with E-state index in [4.69, 9.17) is 0 Å². The molecule has 0 heterocycles. The minimum absolute atomic E-state index is 0.123. The van der Waals surface area contributed by atoms with Gasteiger partial charge in [-0.2, -0.15) is 0 Å². The molecule has 7 heteroatoms. The second-order valence-corrected chi connectivity index (χ2v) is 7.85. The average Bonchev–Trinajstić information content (AvgIpc) is 2.69. The topological polar surface area (TPSA) is 119 Å². The van der Waals surface area contributed by atoms with Crippen LogP contribution in [-0.4, -0.2) is 45.8 Å². The van der Waals surface area contributed by atoms with Crippen LogP contribution in [0.15, 0.2) is 48.5 Å². The maximum absolute atomic E-state index is 12.9. The van der Waals surface area contributed by atoms with E-state index in [0.29, 0.717) is 12.8 Å². The molecule has 0 saturated carbocycles. The molecular formula is C23H30N2O5. The summed E-state index contributed by atoms with van der Waals surface area (Å²) >= 11 is 0. The van der Waals surface area contributed by atoms with Gasteiger partial charge in [-0.3, -0.25) is 9.59 Å². The van der Waals surface area contributed by atoms with Crippen LogP contribution in [0.2, 0.25) is 0 Å². The van der Waals surface area contributed by atoms with Crippen LogP contribution in [0.3, 0.4) is 0 Å². The number of rotatable bonds is 10. The van der Waals surface area contributed by atoms with Crippen molar-refractivity contribution in [2.24, 2.45) is 5.92 Å². The van der Waals surface area contributed by atoms with Crippen LogP contribution in [0.4, 0.5) is 0 Å². The van der Waals surface area contributed by atoms with Crippen molar-refractivity contribution in [3.05, 3.63) is 59.7 Å². The number of carbonyl (C=O) groups excluding carboxylic acids is 2. The van der Waals surface area contributed by atoms with E-state index in [9.17, 15) is 24.9 Å². The van der Waals surface area contributed by atoms with Gasteiger partial charge in [0.15, 0.2) is 0 Å². The Bertz CT molecular complexity index is 818. The smallest absolute Gasteiger partial charge is 0.243 e. The average molecular weight is 415 g/mol. The molecule has 0 spiro atoms. The zero-order chi connectivity index (χ0) is 22.1. The summed E-state index contributed by atoms with van der Waals surface area (Å²) in [7, 11) is 0. The molecule has 0 radical (unpaired) electrons. The minimum Gasteiger partial charge on any atom is -0.508 e. The van der Waals surface area contributed by atoms with Crippen molar-refractivity contribution in [2.45, 2.75) is 45.2 Å². The van der Waals surface area contributed by atoms with Gasteiger partial charge in [-0.1, -0.05) is 38.1 Å². The van der Waals surface area contributed by atoms with Crippen molar-refractivity contribution in [1.29, 1.82) is 0 Å². The predicted octanol–water partition coefficient (Wildman–Crippen LogP) is 1.89. The molecule has 0 aliphatic carbocycles. The normalized spacial score (nSPS) is 12.9. The van der Waals surface area contributed by atoms with Gasteiger partial charge in [-0.15, -0.1) is 0 Å². The molecule has 0 unspecified atom stereocenters. The second-order valence-electron chi connectivity index (χ2n) is 7.85. The van der Waals surface area contributed by atoms with Crippen molar-refractivity contribution in [2.75, 3.05) is 6.61 Å². The quantitative estimate of drug-likeness (QED) is 0.407. The molecule has 5 N–H and O–H groups in total. The second kappa shape index (κ2) is 11.2. The molecule has 2 atom stereocenters. The Hall–Kier alpha value is -3.06. The number of aliphatic hydroxyl groups is 1. The predicted molar refractivity (Wildman–Crippen MR) is 114 cm³/mol. The minimum atomic E-state index is -0.810. The third-order valence-electron chi connectivity index (χ3n) is 4.61. The molecule has 2 aromatic carbocycles. The molecule has 7 nitrogen and oxygen atoms in total. The van der Waals surface area contributed by atoms with Crippen LogP contribution in [0.1, 0.15) is 31.4 Å². The summed E-state index contributed by atoms with van der Waals surface area (Å²) in [6, 6.07) is 11.7. The van der Waals surface area contributed by atoms with Crippen LogP contribution < -0.4 is 10.6 Å². The van der Waals surface area contributed by atoms with Crippen LogP contribution in [-0.2, 0) is 22.4 Å². The summed E-state index contributed by atoms with van der Waals surface area (Å²) in [6.45, 7) is 3.58. The number of aromatic hydroxyl groups is 2. The van der Waals surface area contributed by atoms with E-state index in [1.165, 1.54) is 12.1 Å². The SMILES string of the molecule is CC(C)CC(=O)N[C@@H](Cc1ccc(O)cc1)C(=O)N[C@H](CO)Cc1ccc(O)cc1. The maximum atomic E-state index is 12.9. The lowest BCUT2D eigenvalue weighted by Gasteiger charge is -2.23. The Morgan fingerprint density at radius 3 is 1.80 bits per heavy atom. The Kier molecular flexibility index (Phi) is 8.68. The lowest BCUT2D eigenvalue weighted by molar-refractivity contribution is -0.129. The first-order valence-corrected chi connectivity index (χ1v) is 10.0. The van der Waals surface area contributed by atoms with Crippen LogP contribution in [0.25, 0.3) is 0 Å². The van der Waals surface area contributed by atoms with E-state index in [1.54, 1.807) is 36.4 Å². The number of amides is 2. The van der Waals surface area contributed by atoms with E-state index in [-0.39, 0.29) is 36.4 Å². The van der Waals surface area contributed by atoms with E-state index >= 15 is 0 Å². The van der Waals surface area contributed by atoms with Gasteiger partial charge in [-0.25, -0.2) is 0 Å². The molecule has 0 saturated heterocycles. The van der Waals surface area contributed by atoms with Gasteiger partial charge in [-0.05, 0) is 47.7 Å². The summed E-state index contributed by atoms with van der Waals surface area (Å²) in [5, 5.41) is 34.2. The first-order valence-electron chi connectivity index (χ1n) is 10.0.